The van der Waals surface area contributed by atoms with E-state index in [1.807, 2.05) is 42.6 Å². The average molecular weight is 316 g/mol. The first kappa shape index (κ1) is 14.5. The molecule has 1 aromatic heterocycles. The number of nitrogens with zero attached hydrogens (tertiary/aromatic N) is 3. The van der Waals surface area contributed by atoms with Gasteiger partial charge in [-0.2, -0.15) is 0 Å². The van der Waals surface area contributed by atoms with E-state index in [1.165, 1.54) is 11.3 Å². The molecule has 2 heterocycles. The molecule has 114 valence electrons. The third-order valence-electron chi connectivity index (χ3n) is 3.36. The molecule has 3 amide bonds. The molecule has 1 aromatic carbocycles. The van der Waals surface area contributed by atoms with E-state index < -0.39 is 0 Å². The highest BCUT2D eigenvalue weighted by atomic mass is 32.1. The van der Waals surface area contributed by atoms with E-state index in [0.29, 0.717) is 18.2 Å². The molecule has 22 heavy (non-hydrogen) atoms. The molecule has 0 bridgehead atoms. The van der Waals surface area contributed by atoms with Gasteiger partial charge in [0.05, 0.1) is 5.69 Å². The lowest BCUT2D eigenvalue weighted by atomic mass is 10.3. The lowest BCUT2D eigenvalue weighted by Gasteiger charge is -2.18. The van der Waals surface area contributed by atoms with Crippen molar-refractivity contribution in [3.8, 4) is 0 Å². The van der Waals surface area contributed by atoms with Crippen LogP contribution in [0.15, 0.2) is 35.7 Å². The number of thiazole rings is 1. The second-order valence-corrected chi connectivity index (χ2v) is 5.89. The van der Waals surface area contributed by atoms with E-state index in [1.54, 1.807) is 9.80 Å². The first-order chi connectivity index (χ1) is 10.6. The van der Waals surface area contributed by atoms with Crippen LogP contribution < -0.4 is 10.2 Å². The number of carbonyl (C=O) groups excluding carboxylic acids is 2. The van der Waals surface area contributed by atoms with Crippen LogP contribution in [-0.4, -0.2) is 41.5 Å². The van der Waals surface area contributed by atoms with Crippen molar-refractivity contribution in [1.29, 1.82) is 0 Å². The van der Waals surface area contributed by atoms with Crippen LogP contribution in [0.25, 0.3) is 0 Å². The number of carbonyl (C=O) groups is 2. The topological polar surface area (TPSA) is 65.5 Å². The second kappa shape index (κ2) is 6.15. The molecule has 0 unspecified atom stereocenters. The van der Waals surface area contributed by atoms with Crippen LogP contribution in [0.1, 0.15) is 5.69 Å². The summed E-state index contributed by atoms with van der Waals surface area (Å²) in [5, 5.41) is 5.15. The van der Waals surface area contributed by atoms with Crippen LogP contribution in [0.4, 0.5) is 15.6 Å². The molecule has 1 fully saturated rings. The summed E-state index contributed by atoms with van der Waals surface area (Å²) in [6.07, 6.45) is 0. The Hall–Kier alpha value is -2.41. The maximum atomic E-state index is 12.4. The first-order valence-electron chi connectivity index (χ1n) is 6.97. The minimum Gasteiger partial charge on any atom is -0.313 e. The molecule has 1 N–H and O–H groups in total. The molecule has 0 radical (unpaired) electrons. The van der Waals surface area contributed by atoms with Crippen molar-refractivity contribution in [1.82, 2.24) is 9.88 Å². The number of para-hydroxylation sites is 1. The Kier molecular flexibility index (Phi) is 4.06. The van der Waals surface area contributed by atoms with Crippen molar-refractivity contribution in [3.63, 3.8) is 0 Å². The molecule has 1 saturated heterocycles. The highest BCUT2D eigenvalue weighted by molar-refractivity contribution is 7.13. The Bertz CT molecular complexity index is 686. The van der Waals surface area contributed by atoms with Crippen LogP contribution in [-0.2, 0) is 4.79 Å². The molecule has 2 aromatic rings. The molecular formula is C15H16N4O2S. The van der Waals surface area contributed by atoms with Gasteiger partial charge in [-0.3, -0.25) is 9.69 Å². The normalized spacial score (nSPS) is 14.5. The summed E-state index contributed by atoms with van der Waals surface area (Å²) >= 11 is 1.38. The minimum absolute atomic E-state index is 0.0425. The zero-order chi connectivity index (χ0) is 15.5. The summed E-state index contributed by atoms with van der Waals surface area (Å²) in [5.74, 6) is -0.224. The maximum Gasteiger partial charge on any atom is 0.325 e. The first-order valence-corrected chi connectivity index (χ1v) is 7.85. The maximum absolute atomic E-state index is 12.4. The average Bonchev–Trinajstić information content (AvgIpc) is 3.07. The number of benzene rings is 1. The largest absolute Gasteiger partial charge is 0.325 e. The monoisotopic (exact) mass is 316 g/mol. The highest BCUT2D eigenvalue weighted by Gasteiger charge is 2.30. The number of hydrogen-bond acceptors (Lipinski definition) is 4. The zero-order valence-corrected chi connectivity index (χ0v) is 13.0. The van der Waals surface area contributed by atoms with E-state index in [4.69, 9.17) is 0 Å². The van der Waals surface area contributed by atoms with E-state index in [9.17, 15) is 9.59 Å². The summed E-state index contributed by atoms with van der Waals surface area (Å²) in [4.78, 5) is 31.8. The summed E-state index contributed by atoms with van der Waals surface area (Å²) in [6, 6.07) is 9.33. The van der Waals surface area contributed by atoms with Crippen molar-refractivity contribution in [2.45, 2.75) is 6.92 Å². The predicted molar refractivity (Wildman–Crippen MR) is 86.2 cm³/mol. The number of hydrogen-bond donors (Lipinski definition) is 1. The molecular weight excluding hydrogens is 300 g/mol. The zero-order valence-electron chi connectivity index (χ0n) is 12.2. The smallest absolute Gasteiger partial charge is 0.313 e. The van der Waals surface area contributed by atoms with Crippen molar-refractivity contribution in [2.75, 3.05) is 29.9 Å². The van der Waals surface area contributed by atoms with E-state index in [-0.39, 0.29) is 18.5 Å². The van der Waals surface area contributed by atoms with Crippen molar-refractivity contribution >= 4 is 34.1 Å². The van der Waals surface area contributed by atoms with Gasteiger partial charge in [-0.15, -0.1) is 11.3 Å². The number of nitrogens with one attached hydrogen (secondary N) is 1. The van der Waals surface area contributed by atoms with Gasteiger partial charge in [0.1, 0.15) is 6.54 Å². The lowest BCUT2D eigenvalue weighted by molar-refractivity contribution is -0.116. The number of anilines is 2. The van der Waals surface area contributed by atoms with Gasteiger partial charge in [-0.05, 0) is 19.1 Å². The number of aryl methyl sites for hydroxylation is 1. The highest BCUT2D eigenvalue weighted by Crippen LogP contribution is 2.20. The number of urea groups is 1. The fourth-order valence-corrected chi connectivity index (χ4v) is 3.02. The molecule has 0 aliphatic carbocycles. The van der Waals surface area contributed by atoms with Crippen molar-refractivity contribution < 1.29 is 9.59 Å². The van der Waals surface area contributed by atoms with E-state index in [2.05, 4.69) is 10.3 Å². The molecule has 0 saturated carbocycles. The Labute approximate surface area is 132 Å². The van der Waals surface area contributed by atoms with Crippen LogP contribution in [0.5, 0.6) is 0 Å². The molecule has 0 spiro atoms. The van der Waals surface area contributed by atoms with Crippen molar-refractivity contribution in [2.24, 2.45) is 0 Å². The molecule has 6 nitrogen and oxygen atoms in total. The summed E-state index contributed by atoms with van der Waals surface area (Å²) in [6.45, 7) is 3.04. The number of rotatable bonds is 4. The standard InChI is InChI=1S/C15H16N4O2S/c1-11-10-22-14(16-11)17-13(20)9-18-7-8-19(15(18)21)12-5-3-2-4-6-12/h2-6,10H,7-9H2,1H3,(H,16,17,20). The Morgan fingerprint density at radius 3 is 2.77 bits per heavy atom. The SMILES string of the molecule is Cc1csc(NC(=O)CN2CCN(c3ccccc3)C2=O)n1. The van der Waals surface area contributed by atoms with Gasteiger partial charge in [-0.1, -0.05) is 18.2 Å². The van der Waals surface area contributed by atoms with Gasteiger partial charge in [0.15, 0.2) is 5.13 Å². The molecule has 1 aliphatic rings. The number of aromatic nitrogens is 1. The summed E-state index contributed by atoms with van der Waals surface area (Å²) in [5.41, 5.74) is 1.72. The minimum atomic E-state index is -0.224. The fourth-order valence-electron chi connectivity index (χ4n) is 2.32. The second-order valence-electron chi connectivity index (χ2n) is 5.03. The van der Waals surface area contributed by atoms with Gasteiger partial charge in [0.25, 0.3) is 0 Å². The molecule has 7 heteroatoms. The summed E-state index contributed by atoms with van der Waals surface area (Å²) in [7, 11) is 0. The lowest BCUT2D eigenvalue weighted by Crippen LogP contribution is -2.37. The van der Waals surface area contributed by atoms with Gasteiger partial charge in [0, 0.05) is 24.2 Å². The molecule has 1 aliphatic heterocycles. The predicted octanol–water partition coefficient (Wildman–Crippen LogP) is 2.33. The molecule has 0 atom stereocenters. The Morgan fingerprint density at radius 2 is 2.09 bits per heavy atom. The van der Waals surface area contributed by atoms with Crippen LogP contribution >= 0.6 is 11.3 Å². The van der Waals surface area contributed by atoms with Gasteiger partial charge in [0.2, 0.25) is 5.91 Å². The fraction of sp³-hybridized carbons (Fsp3) is 0.267. The van der Waals surface area contributed by atoms with Crippen LogP contribution in [0, 0.1) is 6.92 Å². The van der Waals surface area contributed by atoms with Crippen LogP contribution in [0.2, 0.25) is 0 Å². The van der Waals surface area contributed by atoms with Gasteiger partial charge >= 0.3 is 6.03 Å². The quantitative estimate of drug-likeness (QED) is 0.941. The third-order valence-corrected chi connectivity index (χ3v) is 4.24. The van der Waals surface area contributed by atoms with E-state index in [0.717, 1.165) is 11.4 Å². The van der Waals surface area contributed by atoms with Crippen LogP contribution in [0.3, 0.4) is 0 Å². The van der Waals surface area contributed by atoms with Crippen molar-refractivity contribution in [3.05, 3.63) is 41.4 Å². The molecule has 3 rings (SSSR count). The van der Waals surface area contributed by atoms with Gasteiger partial charge < -0.3 is 10.2 Å². The van der Waals surface area contributed by atoms with Gasteiger partial charge in [-0.25, -0.2) is 9.78 Å². The Morgan fingerprint density at radius 1 is 1.32 bits per heavy atom. The Balaban J connectivity index is 1.60. The number of amides is 3. The summed E-state index contributed by atoms with van der Waals surface area (Å²) < 4.78 is 0. The van der Waals surface area contributed by atoms with E-state index >= 15 is 0 Å². The third kappa shape index (κ3) is 3.09.